The number of pyridine rings is 1. The highest BCUT2D eigenvalue weighted by Crippen LogP contribution is 2.46. The van der Waals surface area contributed by atoms with E-state index in [1.165, 1.54) is 0 Å². The molecule has 0 bridgehead atoms. The minimum Gasteiger partial charge on any atom is -0.462 e. The summed E-state index contributed by atoms with van der Waals surface area (Å²) in [5.41, 5.74) is 7.47. The number of rotatable bonds is 4. The molecule has 1 aliphatic carbocycles. The topological polar surface area (TPSA) is 59.5 Å². The Labute approximate surface area is 170 Å². The van der Waals surface area contributed by atoms with Gasteiger partial charge in [0.05, 0.1) is 23.4 Å². The summed E-state index contributed by atoms with van der Waals surface area (Å²) in [5, 5.41) is 0. The molecule has 4 rings (SSSR count). The van der Waals surface area contributed by atoms with E-state index in [4.69, 9.17) is 4.74 Å². The molecule has 2 aliphatic rings. The van der Waals surface area contributed by atoms with Crippen LogP contribution < -0.4 is 4.90 Å². The number of fused-ring (bicyclic) bond motifs is 1. The monoisotopic (exact) mass is 388 g/mol. The molecule has 0 saturated heterocycles. The van der Waals surface area contributed by atoms with Crippen molar-refractivity contribution < 1.29 is 14.3 Å². The first kappa shape index (κ1) is 19.2. The zero-order valence-electron chi connectivity index (χ0n) is 17.2. The lowest BCUT2D eigenvalue weighted by Crippen LogP contribution is -2.28. The van der Waals surface area contributed by atoms with E-state index in [-0.39, 0.29) is 17.8 Å². The average Bonchev–Trinajstić information content (AvgIpc) is 3.51. The molecule has 1 saturated carbocycles. The number of hydrogen-bond donors (Lipinski definition) is 0. The molecule has 0 spiro atoms. The highest BCUT2D eigenvalue weighted by Gasteiger charge is 2.37. The zero-order chi connectivity index (χ0) is 20.7. The molecule has 2 heterocycles. The highest BCUT2D eigenvalue weighted by molar-refractivity contribution is 6.17. The summed E-state index contributed by atoms with van der Waals surface area (Å²) in [5.74, 6) is 1.51. The van der Waals surface area contributed by atoms with Gasteiger partial charge in [-0.15, -0.1) is 0 Å². The van der Waals surface area contributed by atoms with Gasteiger partial charge < -0.3 is 9.64 Å². The van der Waals surface area contributed by atoms with Crippen LogP contribution in [0, 0.1) is 20.8 Å². The molecule has 1 fully saturated rings. The minimum absolute atomic E-state index is 0.261. The first-order valence-corrected chi connectivity index (χ1v) is 9.97. The van der Waals surface area contributed by atoms with Crippen molar-refractivity contribution in [3.8, 4) is 11.1 Å². The summed E-state index contributed by atoms with van der Waals surface area (Å²) in [6, 6.07) is 8.41. The third-order valence-corrected chi connectivity index (χ3v) is 5.43. The fraction of sp³-hybridized carbons (Fsp3) is 0.333. The third kappa shape index (κ3) is 3.39. The van der Waals surface area contributed by atoms with Crippen molar-refractivity contribution in [2.45, 2.75) is 46.6 Å². The lowest BCUT2D eigenvalue weighted by Gasteiger charge is -2.32. The van der Waals surface area contributed by atoms with Crippen LogP contribution in [0.15, 0.2) is 36.0 Å². The Morgan fingerprint density at radius 2 is 1.83 bits per heavy atom. The molecule has 29 heavy (non-hydrogen) atoms. The number of benzene rings is 1. The summed E-state index contributed by atoms with van der Waals surface area (Å²) >= 11 is 0. The highest BCUT2D eigenvalue weighted by atomic mass is 16.5. The Morgan fingerprint density at radius 1 is 1.17 bits per heavy atom. The van der Waals surface area contributed by atoms with Crippen LogP contribution in [0.25, 0.3) is 16.7 Å². The van der Waals surface area contributed by atoms with E-state index in [0.717, 1.165) is 52.2 Å². The lowest BCUT2D eigenvalue weighted by molar-refractivity contribution is -0.138. The first-order chi connectivity index (χ1) is 13.9. The van der Waals surface area contributed by atoms with Crippen molar-refractivity contribution in [1.29, 1.82) is 0 Å². The Bertz CT molecular complexity index is 1070. The predicted molar refractivity (Wildman–Crippen MR) is 113 cm³/mol. The van der Waals surface area contributed by atoms with Gasteiger partial charge in [-0.1, -0.05) is 12.1 Å². The molecule has 5 nitrogen and oxygen atoms in total. The van der Waals surface area contributed by atoms with Crippen molar-refractivity contribution >= 4 is 23.2 Å². The molecule has 0 atom stereocenters. The number of aromatic nitrogens is 1. The molecule has 0 amide bonds. The van der Waals surface area contributed by atoms with E-state index >= 15 is 0 Å². The maximum atomic E-state index is 12.5. The Balaban J connectivity index is 1.91. The van der Waals surface area contributed by atoms with Gasteiger partial charge in [0, 0.05) is 29.2 Å². The van der Waals surface area contributed by atoms with Gasteiger partial charge in [-0.3, -0.25) is 4.98 Å². The Kier molecular flexibility index (Phi) is 4.85. The zero-order valence-corrected chi connectivity index (χ0v) is 17.2. The molecule has 0 unspecified atom stereocenters. The first-order valence-electron chi connectivity index (χ1n) is 9.97. The largest absolute Gasteiger partial charge is 0.462 e. The number of ether oxygens (including phenoxy) is 1. The van der Waals surface area contributed by atoms with Gasteiger partial charge in [0.15, 0.2) is 0 Å². The number of nitrogens with zero attached hydrogens (tertiary/aromatic N) is 2. The molecule has 1 aromatic carbocycles. The van der Waals surface area contributed by atoms with Gasteiger partial charge in [0.1, 0.15) is 5.94 Å². The minimum atomic E-state index is -0.482. The fourth-order valence-corrected chi connectivity index (χ4v) is 4.06. The van der Waals surface area contributed by atoms with E-state index in [9.17, 15) is 9.59 Å². The second-order valence-corrected chi connectivity index (χ2v) is 7.65. The SMILES string of the molecule is CCOC(=O)C1=CN(C2CC2)c2c(ccc(-c3cc(C)nc(C)c3)c2C)C1=C=O. The fourth-order valence-electron chi connectivity index (χ4n) is 4.06. The van der Waals surface area contributed by atoms with Crippen LogP contribution in [0.5, 0.6) is 0 Å². The van der Waals surface area contributed by atoms with Gasteiger partial charge in [-0.05, 0) is 69.4 Å². The van der Waals surface area contributed by atoms with Crippen molar-refractivity contribution in [1.82, 2.24) is 4.98 Å². The van der Waals surface area contributed by atoms with Crippen molar-refractivity contribution in [2.75, 3.05) is 11.5 Å². The van der Waals surface area contributed by atoms with Crippen LogP contribution in [0.3, 0.4) is 0 Å². The van der Waals surface area contributed by atoms with Crippen LogP contribution in [-0.4, -0.2) is 29.5 Å². The normalized spacial score (nSPS) is 15.5. The van der Waals surface area contributed by atoms with E-state index in [0.29, 0.717) is 6.04 Å². The van der Waals surface area contributed by atoms with Gasteiger partial charge in [0.2, 0.25) is 0 Å². The summed E-state index contributed by atoms with van der Waals surface area (Å²) < 4.78 is 5.19. The molecular formula is C24H24N2O3. The van der Waals surface area contributed by atoms with Gasteiger partial charge in [0.25, 0.3) is 0 Å². The molecule has 5 heteroatoms. The smallest absolute Gasteiger partial charge is 0.341 e. The summed E-state index contributed by atoms with van der Waals surface area (Å²) in [6.45, 7) is 8.07. The van der Waals surface area contributed by atoms with Crippen LogP contribution in [-0.2, 0) is 14.3 Å². The van der Waals surface area contributed by atoms with E-state index < -0.39 is 5.97 Å². The van der Waals surface area contributed by atoms with Gasteiger partial charge >= 0.3 is 5.97 Å². The number of carbonyl (C=O) groups is 1. The maximum Gasteiger partial charge on any atom is 0.341 e. The third-order valence-electron chi connectivity index (χ3n) is 5.43. The second kappa shape index (κ2) is 7.34. The van der Waals surface area contributed by atoms with Crippen LogP contribution in [0.1, 0.15) is 42.3 Å². The summed E-state index contributed by atoms with van der Waals surface area (Å²) in [7, 11) is 0. The molecule has 1 aromatic heterocycles. The number of hydrogen-bond acceptors (Lipinski definition) is 5. The standard InChI is InChI=1S/C24H24N2O3/c1-5-29-24(28)21-12-26(18-6-7-18)23-16(4)19(8-9-20(23)22(21)13-27)17-10-14(2)25-15(3)11-17/h8-12,18H,5-7H2,1-4H3. The molecule has 0 radical (unpaired) electrons. The predicted octanol–water partition coefficient (Wildman–Crippen LogP) is 4.32. The van der Waals surface area contributed by atoms with E-state index in [1.54, 1.807) is 13.1 Å². The van der Waals surface area contributed by atoms with Crippen molar-refractivity contribution in [2.24, 2.45) is 0 Å². The van der Waals surface area contributed by atoms with Gasteiger partial charge in [-0.25, -0.2) is 9.59 Å². The van der Waals surface area contributed by atoms with Crippen LogP contribution in [0.2, 0.25) is 0 Å². The number of esters is 1. The van der Waals surface area contributed by atoms with Crippen LogP contribution in [0.4, 0.5) is 5.69 Å². The van der Waals surface area contributed by atoms with Crippen molar-refractivity contribution in [3.63, 3.8) is 0 Å². The quantitative estimate of drug-likeness (QED) is 0.577. The number of aryl methyl sites for hydroxylation is 2. The molecule has 0 N–H and O–H groups in total. The average molecular weight is 388 g/mol. The lowest BCUT2D eigenvalue weighted by atomic mass is 9.88. The summed E-state index contributed by atoms with van der Waals surface area (Å²) in [6.07, 6.45) is 3.89. The molecule has 148 valence electrons. The second-order valence-electron chi connectivity index (χ2n) is 7.65. The number of carbonyl (C=O) groups excluding carboxylic acids is 2. The molecule has 1 aliphatic heterocycles. The van der Waals surface area contributed by atoms with E-state index in [1.807, 2.05) is 31.9 Å². The van der Waals surface area contributed by atoms with Crippen molar-refractivity contribution in [3.05, 3.63) is 58.6 Å². The van der Waals surface area contributed by atoms with Gasteiger partial charge in [-0.2, -0.15) is 0 Å². The number of anilines is 1. The summed E-state index contributed by atoms with van der Waals surface area (Å²) in [4.78, 5) is 31.0. The van der Waals surface area contributed by atoms with Crippen LogP contribution >= 0.6 is 0 Å². The molecule has 2 aromatic rings. The van der Waals surface area contributed by atoms with E-state index in [2.05, 4.69) is 28.9 Å². The molecular weight excluding hydrogens is 364 g/mol. The Hall–Kier alpha value is -3.17. The Morgan fingerprint density at radius 3 is 2.41 bits per heavy atom. The maximum absolute atomic E-state index is 12.5.